The molecule has 8 heteroatoms. The van der Waals surface area contributed by atoms with Crippen molar-refractivity contribution < 1.29 is 19.2 Å². The molecule has 0 aliphatic rings. The van der Waals surface area contributed by atoms with Gasteiger partial charge in [-0.1, -0.05) is 0 Å². The highest BCUT2D eigenvalue weighted by Gasteiger charge is 2.07. The lowest BCUT2D eigenvalue weighted by Gasteiger charge is -2.06. The van der Waals surface area contributed by atoms with Crippen molar-refractivity contribution in [3.63, 3.8) is 0 Å². The van der Waals surface area contributed by atoms with Crippen molar-refractivity contribution in [3.8, 4) is 0 Å². The van der Waals surface area contributed by atoms with Crippen LogP contribution >= 0.6 is 0 Å². The van der Waals surface area contributed by atoms with Crippen LogP contribution in [0.5, 0.6) is 0 Å². The standard InChI is InChI=1S/C10H18N4O4/c1-7(15)3-12-9(17)5-14-10(18)6-13-8(16)4-11-2/h11H,3-6H2,1-2H3,(H,12,17)(H,13,16)(H,14,18). The van der Waals surface area contributed by atoms with Crippen molar-refractivity contribution in [2.24, 2.45) is 0 Å². The molecular weight excluding hydrogens is 240 g/mol. The molecule has 0 aromatic carbocycles. The fourth-order valence-electron chi connectivity index (χ4n) is 0.929. The van der Waals surface area contributed by atoms with Gasteiger partial charge in [0.05, 0.1) is 26.2 Å². The van der Waals surface area contributed by atoms with Crippen LogP contribution < -0.4 is 21.3 Å². The van der Waals surface area contributed by atoms with Gasteiger partial charge in [-0.25, -0.2) is 0 Å². The first-order chi connectivity index (χ1) is 8.45. The molecule has 18 heavy (non-hydrogen) atoms. The van der Waals surface area contributed by atoms with Crippen molar-refractivity contribution in [2.75, 3.05) is 33.2 Å². The smallest absolute Gasteiger partial charge is 0.239 e. The molecular formula is C10H18N4O4. The number of likely N-dealkylation sites (N-methyl/N-ethyl adjacent to an activating group) is 1. The van der Waals surface area contributed by atoms with Gasteiger partial charge in [-0.2, -0.15) is 0 Å². The molecule has 3 amide bonds. The fourth-order valence-corrected chi connectivity index (χ4v) is 0.929. The number of rotatable bonds is 8. The van der Waals surface area contributed by atoms with Gasteiger partial charge in [-0.05, 0) is 14.0 Å². The van der Waals surface area contributed by atoms with Crippen LogP contribution in [0.2, 0.25) is 0 Å². The maximum Gasteiger partial charge on any atom is 0.239 e. The van der Waals surface area contributed by atoms with E-state index in [2.05, 4.69) is 21.3 Å². The maximum atomic E-state index is 11.2. The molecule has 4 N–H and O–H groups in total. The summed E-state index contributed by atoms with van der Waals surface area (Å²) in [5.41, 5.74) is 0. The highest BCUT2D eigenvalue weighted by Crippen LogP contribution is 1.70. The van der Waals surface area contributed by atoms with Crippen LogP contribution in [-0.4, -0.2) is 56.7 Å². The zero-order valence-corrected chi connectivity index (χ0v) is 10.5. The van der Waals surface area contributed by atoms with Crippen molar-refractivity contribution in [1.82, 2.24) is 21.3 Å². The van der Waals surface area contributed by atoms with Gasteiger partial charge in [0, 0.05) is 0 Å². The summed E-state index contributed by atoms with van der Waals surface area (Å²) >= 11 is 0. The van der Waals surface area contributed by atoms with E-state index in [1.807, 2.05) is 0 Å². The number of hydrogen-bond donors (Lipinski definition) is 4. The van der Waals surface area contributed by atoms with Crippen LogP contribution in [0.25, 0.3) is 0 Å². The lowest BCUT2D eigenvalue weighted by atomic mass is 10.4. The predicted octanol–water partition coefficient (Wildman–Crippen LogP) is -2.86. The van der Waals surface area contributed by atoms with E-state index in [0.29, 0.717) is 0 Å². The van der Waals surface area contributed by atoms with Crippen LogP contribution in [0.4, 0.5) is 0 Å². The largest absolute Gasteiger partial charge is 0.348 e. The summed E-state index contributed by atoms with van der Waals surface area (Å²) in [5.74, 6) is -1.42. The second-order valence-corrected chi connectivity index (χ2v) is 3.56. The van der Waals surface area contributed by atoms with Crippen LogP contribution in [0.1, 0.15) is 6.92 Å². The Morgan fingerprint density at radius 1 is 0.722 bits per heavy atom. The first-order valence-electron chi connectivity index (χ1n) is 5.39. The second kappa shape index (κ2) is 9.11. The summed E-state index contributed by atoms with van der Waals surface area (Å²) in [5, 5.41) is 9.62. The monoisotopic (exact) mass is 258 g/mol. The summed E-state index contributed by atoms with van der Waals surface area (Å²) in [6.07, 6.45) is 0. The minimum atomic E-state index is -0.475. The van der Waals surface area contributed by atoms with Gasteiger partial charge in [0.15, 0.2) is 0 Å². The average molecular weight is 258 g/mol. The fraction of sp³-hybridized carbons (Fsp3) is 0.600. The summed E-state index contributed by atoms with van der Waals surface area (Å²) in [4.78, 5) is 43.9. The van der Waals surface area contributed by atoms with Crippen LogP contribution in [-0.2, 0) is 19.2 Å². The lowest BCUT2D eigenvalue weighted by molar-refractivity contribution is -0.128. The molecule has 0 spiro atoms. The molecule has 0 radical (unpaired) electrons. The Bertz CT molecular complexity index is 330. The zero-order valence-electron chi connectivity index (χ0n) is 10.5. The molecule has 0 saturated heterocycles. The van der Waals surface area contributed by atoms with Crippen molar-refractivity contribution in [3.05, 3.63) is 0 Å². The lowest BCUT2D eigenvalue weighted by Crippen LogP contribution is -2.44. The molecule has 0 saturated carbocycles. The van der Waals surface area contributed by atoms with E-state index in [1.54, 1.807) is 7.05 Å². The highest BCUT2D eigenvalue weighted by molar-refractivity contribution is 5.90. The van der Waals surface area contributed by atoms with Crippen molar-refractivity contribution in [1.29, 1.82) is 0 Å². The number of carbonyl (C=O) groups is 4. The van der Waals surface area contributed by atoms with E-state index in [4.69, 9.17) is 0 Å². The van der Waals surface area contributed by atoms with Crippen LogP contribution in [0, 0.1) is 0 Å². The Kier molecular flexibility index (Phi) is 8.12. The second-order valence-electron chi connectivity index (χ2n) is 3.56. The zero-order chi connectivity index (χ0) is 14.0. The maximum absolute atomic E-state index is 11.2. The number of Topliss-reactive ketones (excluding diaryl/α,β-unsaturated/α-hetero) is 1. The normalized spacial score (nSPS) is 9.44. The van der Waals surface area contributed by atoms with Crippen LogP contribution in [0.3, 0.4) is 0 Å². The summed E-state index contributed by atoms with van der Waals surface area (Å²) in [6.45, 7) is 0.977. The van der Waals surface area contributed by atoms with Gasteiger partial charge >= 0.3 is 0 Å². The van der Waals surface area contributed by atoms with Crippen molar-refractivity contribution in [2.45, 2.75) is 6.92 Å². The van der Waals surface area contributed by atoms with E-state index >= 15 is 0 Å². The van der Waals surface area contributed by atoms with Crippen molar-refractivity contribution >= 4 is 23.5 Å². The van der Waals surface area contributed by atoms with E-state index in [9.17, 15) is 19.2 Å². The summed E-state index contributed by atoms with van der Waals surface area (Å²) < 4.78 is 0. The van der Waals surface area contributed by atoms with E-state index in [1.165, 1.54) is 6.92 Å². The highest BCUT2D eigenvalue weighted by atomic mass is 16.2. The molecule has 0 atom stereocenters. The number of nitrogens with one attached hydrogen (secondary N) is 4. The number of carbonyl (C=O) groups excluding carboxylic acids is 4. The first kappa shape index (κ1) is 16.0. The van der Waals surface area contributed by atoms with Crippen LogP contribution in [0.15, 0.2) is 0 Å². The third-order valence-electron chi connectivity index (χ3n) is 1.76. The number of ketones is 1. The van der Waals surface area contributed by atoms with Gasteiger partial charge in [0.25, 0.3) is 0 Å². The van der Waals surface area contributed by atoms with E-state index in [0.717, 1.165) is 0 Å². The van der Waals surface area contributed by atoms with Gasteiger partial charge in [-0.15, -0.1) is 0 Å². The molecule has 0 unspecified atom stereocenters. The Balaban J connectivity index is 3.67. The number of hydrogen-bond acceptors (Lipinski definition) is 5. The molecule has 0 fully saturated rings. The third kappa shape index (κ3) is 9.28. The Morgan fingerprint density at radius 3 is 1.50 bits per heavy atom. The molecule has 0 aliphatic heterocycles. The molecule has 0 aromatic heterocycles. The molecule has 8 nitrogen and oxygen atoms in total. The minimum absolute atomic E-state index is 0.0619. The predicted molar refractivity (Wildman–Crippen MR) is 63.6 cm³/mol. The molecule has 0 bridgehead atoms. The van der Waals surface area contributed by atoms with Gasteiger partial charge in [-0.3, -0.25) is 19.2 Å². The minimum Gasteiger partial charge on any atom is -0.348 e. The third-order valence-corrected chi connectivity index (χ3v) is 1.76. The quantitative estimate of drug-likeness (QED) is 0.374. The van der Waals surface area contributed by atoms with E-state index in [-0.39, 0.29) is 37.9 Å². The molecule has 102 valence electrons. The molecule has 0 aromatic rings. The Hall–Kier alpha value is -1.96. The van der Waals surface area contributed by atoms with Gasteiger partial charge < -0.3 is 21.3 Å². The topological polar surface area (TPSA) is 116 Å². The molecule has 0 rings (SSSR count). The van der Waals surface area contributed by atoms with Gasteiger partial charge in [0.2, 0.25) is 17.7 Å². The summed E-state index contributed by atoms with van der Waals surface area (Å²) in [7, 11) is 1.61. The summed E-state index contributed by atoms with van der Waals surface area (Å²) in [6, 6.07) is 0. The first-order valence-corrected chi connectivity index (χ1v) is 5.39. The SMILES string of the molecule is CNCC(=O)NCC(=O)NCC(=O)NCC(C)=O. The molecule has 0 aliphatic carbocycles. The Labute approximate surface area is 105 Å². The van der Waals surface area contributed by atoms with Gasteiger partial charge in [0.1, 0.15) is 5.78 Å². The molecule has 0 heterocycles. The number of amides is 3. The van der Waals surface area contributed by atoms with E-state index < -0.39 is 11.8 Å². The average Bonchev–Trinajstić information content (AvgIpc) is 2.31. The Morgan fingerprint density at radius 2 is 1.11 bits per heavy atom.